The van der Waals surface area contributed by atoms with Gasteiger partial charge in [-0.3, -0.25) is 14.5 Å². The number of thioether (sulfide) groups is 1. The van der Waals surface area contributed by atoms with Crippen LogP contribution in [0.4, 0.5) is 4.79 Å². The van der Waals surface area contributed by atoms with Crippen molar-refractivity contribution in [1.29, 1.82) is 0 Å². The summed E-state index contributed by atoms with van der Waals surface area (Å²) in [6.45, 7) is 2.43. The molecule has 2 amide bonds. The van der Waals surface area contributed by atoms with E-state index in [4.69, 9.17) is 4.74 Å². The van der Waals surface area contributed by atoms with Gasteiger partial charge in [-0.15, -0.1) is 0 Å². The molecule has 1 saturated heterocycles. The Kier molecular flexibility index (Phi) is 6.29. The summed E-state index contributed by atoms with van der Waals surface area (Å²) in [5.41, 5.74) is 1.52. The Hall–Kier alpha value is -1.77. The molecule has 1 N–H and O–H groups in total. The highest BCUT2D eigenvalue weighted by atomic mass is 79.9. The van der Waals surface area contributed by atoms with Gasteiger partial charge in [0, 0.05) is 4.47 Å². The van der Waals surface area contributed by atoms with E-state index >= 15 is 0 Å². The van der Waals surface area contributed by atoms with Gasteiger partial charge >= 0.3 is 0 Å². The number of phenols is 1. The van der Waals surface area contributed by atoms with Crippen LogP contribution in [0.5, 0.6) is 11.5 Å². The molecule has 0 aliphatic carbocycles. The zero-order valence-corrected chi connectivity index (χ0v) is 18.2. The van der Waals surface area contributed by atoms with Gasteiger partial charge in [0.25, 0.3) is 11.1 Å². The van der Waals surface area contributed by atoms with E-state index in [-0.39, 0.29) is 23.4 Å². The minimum absolute atomic E-state index is 0.00246. The van der Waals surface area contributed by atoms with Crippen LogP contribution >= 0.6 is 43.6 Å². The number of carbonyl (C=O) groups is 2. The summed E-state index contributed by atoms with van der Waals surface area (Å²) in [4.78, 5) is 26.5. The fourth-order valence-corrected chi connectivity index (χ4v) is 4.07. The van der Waals surface area contributed by atoms with Gasteiger partial charge in [-0.25, -0.2) is 0 Å². The van der Waals surface area contributed by atoms with Gasteiger partial charge in [-0.2, -0.15) is 0 Å². The Morgan fingerprint density at radius 1 is 1.19 bits per heavy atom. The Labute approximate surface area is 177 Å². The minimum Gasteiger partial charge on any atom is -0.503 e. The van der Waals surface area contributed by atoms with Crippen molar-refractivity contribution in [3.05, 3.63) is 61.4 Å². The van der Waals surface area contributed by atoms with Crippen LogP contribution in [0.25, 0.3) is 6.08 Å². The predicted octanol–water partition coefficient (Wildman–Crippen LogP) is 5.55. The van der Waals surface area contributed by atoms with Gasteiger partial charge in [0.15, 0.2) is 11.5 Å². The van der Waals surface area contributed by atoms with Crippen LogP contribution in [-0.4, -0.2) is 27.8 Å². The van der Waals surface area contributed by atoms with Crippen LogP contribution in [-0.2, 0) is 11.3 Å². The highest BCUT2D eigenvalue weighted by Gasteiger charge is 2.35. The van der Waals surface area contributed by atoms with E-state index in [1.54, 1.807) is 18.2 Å². The third-order valence-electron chi connectivity index (χ3n) is 3.78. The number of phenolic OH excluding ortho intramolecular Hbond substituents is 1. The third kappa shape index (κ3) is 4.56. The molecular formula is C19H15Br2NO4S. The summed E-state index contributed by atoms with van der Waals surface area (Å²) in [6.07, 6.45) is 1.62. The maximum absolute atomic E-state index is 12.7. The Balaban J connectivity index is 1.85. The fraction of sp³-hybridized carbons (Fsp3) is 0.158. The van der Waals surface area contributed by atoms with Crippen LogP contribution < -0.4 is 4.74 Å². The fourth-order valence-electron chi connectivity index (χ4n) is 2.50. The lowest BCUT2D eigenvalue weighted by atomic mass is 10.1. The van der Waals surface area contributed by atoms with E-state index < -0.39 is 0 Å². The van der Waals surface area contributed by atoms with Crippen molar-refractivity contribution >= 4 is 60.8 Å². The zero-order chi connectivity index (χ0) is 19.6. The van der Waals surface area contributed by atoms with Crippen LogP contribution in [0, 0.1) is 0 Å². The molecule has 3 rings (SSSR count). The minimum atomic E-state index is -0.338. The molecule has 0 bridgehead atoms. The van der Waals surface area contributed by atoms with Crippen molar-refractivity contribution in [3.63, 3.8) is 0 Å². The molecule has 1 fully saturated rings. The monoisotopic (exact) mass is 511 g/mol. The SMILES string of the molecule is CCOc1cc(/C=C2\SC(=O)N(Cc3ccc(Br)cc3)C2=O)cc(Br)c1O. The lowest BCUT2D eigenvalue weighted by Gasteiger charge is -2.12. The number of carbonyl (C=O) groups excluding carboxylic acids is 2. The lowest BCUT2D eigenvalue weighted by Crippen LogP contribution is -2.27. The summed E-state index contributed by atoms with van der Waals surface area (Å²) in [5, 5.41) is 9.69. The van der Waals surface area contributed by atoms with Gasteiger partial charge in [0.05, 0.1) is 22.5 Å². The van der Waals surface area contributed by atoms with E-state index in [0.717, 1.165) is 21.8 Å². The number of benzene rings is 2. The molecular weight excluding hydrogens is 498 g/mol. The number of ether oxygens (including phenoxy) is 1. The number of halogens is 2. The molecule has 27 heavy (non-hydrogen) atoms. The molecule has 0 spiro atoms. The normalized spacial score (nSPS) is 15.7. The predicted molar refractivity (Wildman–Crippen MR) is 113 cm³/mol. The van der Waals surface area contributed by atoms with E-state index in [1.807, 2.05) is 31.2 Å². The summed E-state index contributed by atoms with van der Waals surface area (Å²) in [7, 11) is 0. The molecule has 0 unspecified atom stereocenters. The van der Waals surface area contributed by atoms with Gasteiger partial charge < -0.3 is 9.84 Å². The molecule has 0 aromatic heterocycles. The molecule has 2 aromatic rings. The molecule has 0 radical (unpaired) electrons. The van der Waals surface area contributed by atoms with Crippen LogP contribution in [0.3, 0.4) is 0 Å². The number of amides is 2. The molecule has 8 heteroatoms. The molecule has 0 saturated carbocycles. The summed E-state index contributed by atoms with van der Waals surface area (Å²) < 4.78 is 6.78. The van der Waals surface area contributed by atoms with E-state index in [2.05, 4.69) is 31.9 Å². The van der Waals surface area contributed by atoms with E-state index in [9.17, 15) is 14.7 Å². The molecule has 5 nitrogen and oxygen atoms in total. The summed E-state index contributed by atoms with van der Waals surface area (Å²) in [6, 6.07) is 10.8. The van der Waals surface area contributed by atoms with Gasteiger partial charge in [-0.1, -0.05) is 28.1 Å². The first-order chi connectivity index (χ1) is 12.9. The van der Waals surface area contributed by atoms with E-state index in [1.165, 1.54) is 4.90 Å². The molecule has 1 heterocycles. The third-order valence-corrected chi connectivity index (χ3v) is 5.82. The second-order valence-electron chi connectivity index (χ2n) is 5.68. The van der Waals surface area contributed by atoms with Crippen LogP contribution in [0.15, 0.2) is 50.2 Å². The van der Waals surface area contributed by atoms with Crippen molar-refractivity contribution < 1.29 is 19.4 Å². The summed E-state index contributed by atoms with van der Waals surface area (Å²) >= 11 is 7.54. The molecule has 0 atom stereocenters. The maximum Gasteiger partial charge on any atom is 0.293 e. The van der Waals surface area contributed by atoms with Crippen molar-refractivity contribution in [2.45, 2.75) is 13.5 Å². The lowest BCUT2D eigenvalue weighted by molar-refractivity contribution is -0.123. The number of hydrogen-bond acceptors (Lipinski definition) is 5. The topological polar surface area (TPSA) is 66.8 Å². The number of hydrogen-bond donors (Lipinski definition) is 1. The number of nitrogens with zero attached hydrogens (tertiary/aromatic N) is 1. The van der Waals surface area contributed by atoms with Crippen molar-refractivity contribution in [1.82, 2.24) is 4.90 Å². The van der Waals surface area contributed by atoms with Crippen molar-refractivity contribution in [2.75, 3.05) is 6.61 Å². The first-order valence-electron chi connectivity index (χ1n) is 8.04. The Morgan fingerprint density at radius 3 is 2.56 bits per heavy atom. The highest BCUT2D eigenvalue weighted by molar-refractivity contribution is 9.10. The van der Waals surface area contributed by atoms with Crippen LogP contribution in [0.2, 0.25) is 0 Å². The van der Waals surface area contributed by atoms with Crippen molar-refractivity contribution in [2.24, 2.45) is 0 Å². The first kappa shape index (κ1) is 20.0. The smallest absolute Gasteiger partial charge is 0.293 e. The largest absolute Gasteiger partial charge is 0.503 e. The molecule has 1 aliphatic rings. The molecule has 140 valence electrons. The number of rotatable bonds is 5. The first-order valence-corrected chi connectivity index (χ1v) is 10.4. The van der Waals surface area contributed by atoms with Gasteiger partial charge in [-0.05, 0) is 76.1 Å². The molecule has 1 aliphatic heterocycles. The average molecular weight is 513 g/mol. The Bertz CT molecular complexity index is 928. The number of aromatic hydroxyl groups is 1. The average Bonchev–Trinajstić information content (AvgIpc) is 2.88. The van der Waals surface area contributed by atoms with Crippen molar-refractivity contribution in [3.8, 4) is 11.5 Å². The molecule has 2 aromatic carbocycles. The second-order valence-corrected chi connectivity index (χ2v) is 8.44. The quantitative estimate of drug-likeness (QED) is 0.532. The highest BCUT2D eigenvalue weighted by Crippen LogP contribution is 2.38. The Morgan fingerprint density at radius 2 is 1.89 bits per heavy atom. The maximum atomic E-state index is 12.7. The van der Waals surface area contributed by atoms with Gasteiger partial charge in [0.1, 0.15) is 0 Å². The van der Waals surface area contributed by atoms with Crippen LogP contribution in [0.1, 0.15) is 18.1 Å². The standard InChI is InChI=1S/C19H15Br2NO4S/c1-2-26-15-8-12(7-14(21)17(15)23)9-16-18(24)22(19(25)27-16)10-11-3-5-13(20)6-4-11/h3-9,23H,2,10H2,1H3/b16-9-. The number of imide groups is 1. The van der Waals surface area contributed by atoms with Gasteiger partial charge in [0.2, 0.25) is 0 Å². The second kappa shape index (κ2) is 8.50. The zero-order valence-electron chi connectivity index (χ0n) is 14.2. The summed E-state index contributed by atoms with van der Waals surface area (Å²) in [5.74, 6) is -0.0281. The van der Waals surface area contributed by atoms with E-state index in [0.29, 0.717) is 27.3 Å².